The van der Waals surface area contributed by atoms with Crippen molar-refractivity contribution in [2.24, 2.45) is 16.2 Å². The van der Waals surface area contributed by atoms with Gasteiger partial charge in [0.05, 0.1) is 24.5 Å². The van der Waals surface area contributed by atoms with Gasteiger partial charge < -0.3 is 19.3 Å². The van der Waals surface area contributed by atoms with Crippen LogP contribution in [0.3, 0.4) is 0 Å². The Hall–Kier alpha value is -1.90. The molecule has 0 aromatic carbocycles. The number of hydrogen-bond donors (Lipinski definition) is 0. The van der Waals surface area contributed by atoms with Crippen molar-refractivity contribution in [3.63, 3.8) is 0 Å². The van der Waals surface area contributed by atoms with Gasteiger partial charge in [-0.1, -0.05) is 30.7 Å². The minimum Gasteiger partial charge on any atom is -0.469 e. The number of carbonyl (C=O) groups is 2. The maximum Gasteiger partial charge on any atom is 0.310 e. The zero-order valence-corrected chi connectivity index (χ0v) is 19.0. The molecule has 0 saturated carbocycles. The number of carbonyl (C=O) groups excluding carboxylic acids is 2. The third kappa shape index (κ3) is 5.54. The van der Waals surface area contributed by atoms with Crippen molar-refractivity contribution in [1.82, 2.24) is 4.90 Å². The molecule has 1 aliphatic rings. The van der Waals surface area contributed by atoms with E-state index in [-0.39, 0.29) is 24.8 Å². The molecule has 0 aromatic heterocycles. The molecule has 0 bridgehead atoms. The summed E-state index contributed by atoms with van der Waals surface area (Å²) in [5, 5.41) is 7.37. The first-order valence-electron chi connectivity index (χ1n) is 9.54. The number of methoxy groups -OCH3 is 1. The van der Waals surface area contributed by atoms with Crippen molar-refractivity contribution in [1.29, 1.82) is 0 Å². The topological polar surface area (TPSA) is 89.8 Å². The molecule has 27 heavy (non-hydrogen) atoms. The Morgan fingerprint density at radius 1 is 1.30 bits per heavy atom. The van der Waals surface area contributed by atoms with Gasteiger partial charge >= 0.3 is 5.97 Å². The molecule has 1 fully saturated rings. The normalized spacial score (nSPS) is 22.1. The standard InChI is InChI=1S/C18H33N3O5Si/c1-8-12(3)19-25-14(5)18(27-7,26-20-13(4)9-2)21-11-15(10-16(21)22)17(23)24-6/h14-15H,8-11,27H2,1-7H3. The lowest BCUT2D eigenvalue weighted by molar-refractivity contribution is -0.180. The van der Waals surface area contributed by atoms with Gasteiger partial charge in [-0.2, -0.15) is 0 Å². The van der Waals surface area contributed by atoms with Crippen LogP contribution >= 0.6 is 0 Å². The average molecular weight is 400 g/mol. The number of esters is 1. The van der Waals surface area contributed by atoms with Crippen molar-refractivity contribution in [2.45, 2.75) is 71.9 Å². The maximum absolute atomic E-state index is 12.7. The van der Waals surface area contributed by atoms with Crippen LogP contribution in [0.4, 0.5) is 0 Å². The monoisotopic (exact) mass is 399 g/mol. The molecule has 0 aromatic rings. The van der Waals surface area contributed by atoms with Crippen molar-refractivity contribution in [3.8, 4) is 0 Å². The summed E-state index contributed by atoms with van der Waals surface area (Å²) in [6, 6.07) is 0. The molecule has 3 atom stereocenters. The summed E-state index contributed by atoms with van der Waals surface area (Å²) in [6.45, 7) is 11.8. The predicted octanol–water partition coefficient (Wildman–Crippen LogP) is 1.87. The highest BCUT2D eigenvalue weighted by atomic mass is 28.2. The van der Waals surface area contributed by atoms with Gasteiger partial charge in [0.25, 0.3) is 0 Å². The van der Waals surface area contributed by atoms with Crippen LogP contribution in [-0.4, -0.2) is 62.8 Å². The highest BCUT2D eigenvalue weighted by Crippen LogP contribution is 2.32. The summed E-state index contributed by atoms with van der Waals surface area (Å²) in [7, 11) is 0.317. The van der Waals surface area contributed by atoms with E-state index in [1.54, 1.807) is 4.90 Å². The van der Waals surface area contributed by atoms with Crippen LogP contribution in [0.2, 0.25) is 6.55 Å². The molecule has 0 N–H and O–H groups in total. The van der Waals surface area contributed by atoms with Gasteiger partial charge in [0.2, 0.25) is 11.3 Å². The molecule has 1 aliphatic heterocycles. The van der Waals surface area contributed by atoms with Gasteiger partial charge in [0.15, 0.2) is 6.10 Å². The molecule has 0 aliphatic carbocycles. The quantitative estimate of drug-likeness (QED) is 0.242. The van der Waals surface area contributed by atoms with Gasteiger partial charge in [-0.15, -0.1) is 0 Å². The van der Waals surface area contributed by atoms with Gasteiger partial charge in [-0.3, -0.25) is 9.59 Å². The van der Waals surface area contributed by atoms with Crippen molar-refractivity contribution < 1.29 is 24.0 Å². The molecular formula is C18H33N3O5Si. The first kappa shape index (κ1) is 23.1. The van der Waals surface area contributed by atoms with Gasteiger partial charge in [0, 0.05) is 13.0 Å². The zero-order valence-electron chi connectivity index (χ0n) is 17.6. The Kier molecular flexibility index (Phi) is 8.94. The summed E-state index contributed by atoms with van der Waals surface area (Å²) in [4.78, 5) is 38.0. The number of hydrogen-bond acceptors (Lipinski definition) is 7. The van der Waals surface area contributed by atoms with Crippen LogP contribution in [0.1, 0.15) is 53.9 Å². The van der Waals surface area contributed by atoms with E-state index in [0.29, 0.717) is 0 Å². The molecule has 154 valence electrons. The molecule has 0 radical (unpaired) electrons. The molecule has 8 nitrogen and oxygen atoms in total. The first-order chi connectivity index (χ1) is 12.7. The molecule has 1 heterocycles. The fourth-order valence-electron chi connectivity index (χ4n) is 2.82. The Balaban J connectivity index is 3.22. The zero-order chi connectivity index (χ0) is 20.6. The van der Waals surface area contributed by atoms with Crippen LogP contribution in [0.5, 0.6) is 0 Å². The van der Waals surface area contributed by atoms with Crippen LogP contribution in [0.15, 0.2) is 10.3 Å². The van der Waals surface area contributed by atoms with E-state index in [2.05, 4.69) is 10.3 Å². The maximum atomic E-state index is 12.7. The third-order valence-electron chi connectivity index (χ3n) is 5.01. The minimum atomic E-state index is -1.02. The van der Waals surface area contributed by atoms with E-state index >= 15 is 0 Å². The SMILES string of the molecule is CCC(C)=NOC(C)C(ON=C(C)CC)([SiH2]C)N1CC(C(=O)OC)CC1=O. The summed E-state index contributed by atoms with van der Waals surface area (Å²) >= 11 is 0. The summed E-state index contributed by atoms with van der Waals surface area (Å²) < 4.78 is 4.82. The highest BCUT2D eigenvalue weighted by molar-refractivity contribution is 6.38. The van der Waals surface area contributed by atoms with E-state index < -0.39 is 26.9 Å². The number of oxime groups is 2. The molecule has 0 spiro atoms. The largest absolute Gasteiger partial charge is 0.469 e. The Morgan fingerprint density at radius 3 is 2.41 bits per heavy atom. The van der Waals surface area contributed by atoms with Crippen molar-refractivity contribution >= 4 is 32.8 Å². The van der Waals surface area contributed by atoms with Gasteiger partial charge in [-0.05, 0) is 33.6 Å². The van der Waals surface area contributed by atoms with Gasteiger partial charge in [0.1, 0.15) is 9.52 Å². The lowest BCUT2D eigenvalue weighted by Crippen LogP contribution is -2.61. The molecule has 9 heteroatoms. The lowest BCUT2D eigenvalue weighted by Gasteiger charge is -2.41. The van der Waals surface area contributed by atoms with E-state index in [4.69, 9.17) is 14.4 Å². The van der Waals surface area contributed by atoms with Gasteiger partial charge in [-0.25, -0.2) is 0 Å². The Labute approximate surface area is 164 Å². The van der Waals surface area contributed by atoms with E-state index in [1.165, 1.54) is 7.11 Å². The smallest absolute Gasteiger partial charge is 0.310 e. The lowest BCUT2D eigenvalue weighted by atomic mass is 10.1. The van der Waals surface area contributed by atoms with E-state index in [9.17, 15) is 9.59 Å². The predicted molar refractivity (Wildman–Crippen MR) is 107 cm³/mol. The summed E-state index contributed by atoms with van der Waals surface area (Å²) in [5.74, 6) is -1.05. The molecule has 3 unspecified atom stereocenters. The van der Waals surface area contributed by atoms with Crippen LogP contribution < -0.4 is 0 Å². The Morgan fingerprint density at radius 2 is 1.89 bits per heavy atom. The van der Waals surface area contributed by atoms with E-state index in [0.717, 1.165) is 24.3 Å². The van der Waals surface area contributed by atoms with E-state index in [1.807, 2.05) is 41.2 Å². The number of nitrogens with zero attached hydrogens (tertiary/aromatic N) is 3. The second-order valence-corrected chi connectivity index (χ2v) is 8.55. The number of likely N-dealkylation sites (tertiary alicyclic amines) is 1. The fraction of sp³-hybridized carbons (Fsp3) is 0.778. The summed E-state index contributed by atoms with van der Waals surface area (Å²) in [5.41, 5.74) is 1.67. The highest BCUT2D eigenvalue weighted by Gasteiger charge is 2.52. The first-order valence-corrected chi connectivity index (χ1v) is 11.7. The third-order valence-corrected chi connectivity index (χ3v) is 7.11. The van der Waals surface area contributed by atoms with Crippen LogP contribution in [-0.2, 0) is 24.0 Å². The second-order valence-electron chi connectivity index (χ2n) is 6.83. The second kappa shape index (κ2) is 10.4. The molecule has 1 rings (SSSR count). The number of ether oxygens (including phenoxy) is 1. The molecule has 1 saturated heterocycles. The van der Waals surface area contributed by atoms with Crippen LogP contribution in [0, 0.1) is 5.92 Å². The minimum absolute atomic E-state index is 0.104. The van der Waals surface area contributed by atoms with Crippen molar-refractivity contribution in [2.75, 3.05) is 13.7 Å². The molecule has 1 amide bonds. The van der Waals surface area contributed by atoms with Crippen molar-refractivity contribution in [3.05, 3.63) is 0 Å². The number of amides is 1. The fourth-order valence-corrected chi connectivity index (χ4v) is 4.35. The van der Waals surface area contributed by atoms with Crippen LogP contribution in [0.25, 0.3) is 0 Å². The Bertz CT molecular complexity index is 596. The number of rotatable bonds is 10. The molecular weight excluding hydrogens is 366 g/mol. The summed E-state index contributed by atoms with van der Waals surface area (Å²) in [6.07, 6.45) is 1.09. The average Bonchev–Trinajstić information content (AvgIpc) is 3.07.